The first-order valence-corrected chi connectivity index (χ1v) is 7.71. The fourth-order valence-electron chi connectivity index (χ4n) is 2.40. The van der Waals surface area contributed by atoms with Crippen molar-refractivity contribution in [2.45, 2.75) is 17.4 Å². The molecule has 2 aromatic rings. The van der Waals surface area contributed by atoms with Crippen LogP contribution >= 0.6 is 11.8 Å². The summed E-state index contributed by atoms with van der Waals surface area (Å²) in [6, 6.07) is 12.1. The Kier molecular flexibility index (Phi) is 3.84. The van der Waals surface area contributed by atoms with Gasteiger partial charge in [-0.25, -0.2) is 4.39 Å². The number of nitrogens with one attached hydrogen (secondary N) is 1. The summed E-state index contributed by atoms with van der Waals surface area (Å²) in [5.41, 5.74) is 6.89. The fourth-order valence-corrected chi connectivity index (χ4v) is 3.53. The smallest absolute Gasteiger partial charge is 0.251 e. The number of benzene rings is 2. The Morgan fingerprint density at radius 3 is 2.90 bits per heavy atom. The molecule has 1 aliphatic heterocycles. The van der Waals surface area contributed by atoms with Crippen molar-refractivity contribution in [3.63, 3.8) is 0 Å². The molecular weight excluding hydrogens is 287 g/mol. The Morgan fingerprint density at radius 1 is 1.29 bits per heavy atom. The first-order valence-electron chi connectivity index (χ1n) is 6.73. The van der Waals surface area contributed by atoms with Crippen molar-refractivity contribution < 1.29 is 9.18 Å². The Hall–Kier alpha value is -2.01. The number of rotatable bonds is 2. The standard InChI is InChI=1S/C16H15FN2OS/c17-12-9-10(5-6-13(12)18)16(20)19-14-7-8-21-15-4-2-1-3-11(14)15/h1-6,9,14H,7-8,18H2,(H,19,20). The van der Waals surface area contributed by atoms with E-state index < -0.39 is 5.82 Å². The second kappa shape index (κ2) is 5.77. The van der Waals surface area contributed by atoms with Gasteiger partial charge in [0.05, 0.1) is 11.7 Å². The quantitative estimate of drug-likeness (QED) is 0.836. The van der Waals surface area contributed by atoms with Gasteiger partial charge in [0.1, 0.15) is 5.82 Å². The molecule has 1 aliphatic rings. The van der Waals surface area contributed by atoms with E-state index >= 15 is 0 Å². The van der Waals surface area contributed by atoms with Gasteiger partial charge in [-0.05, 0) is 36.2 Å². The van der Waals surface area contributed by atoms with Crippen LogP contribution in [0.2, 0.25) is 0 Å². The molecular formula is C16H15FN2OS. The lowest BCUT2D eigenvalue weighted by atomic mass is 10.0. The Balaban J connectivity index is 1.81. The van der Waals surface area contributed by atoms with Gasteiger partial charge >= 0.3 is 0 Å². The number of anilines is 1. The molecule has 3 N–H and O–H groups in total. The molecule has 1 amide bonds. The number of carbonyl (C=O) groups excluding carboxylic acids is 1. The maximum absolute atomic E-state index is 13.4. The van der Waals surface area contributed by atoms with E-state index in [1.807, 2.05) is 18.2 Å². The molecule has 1 heterocycles. The summed E-state index contributed by atoms with van der Waals surface area (Å²) in [7, 11) is 0. The number of carbonyl (C=O) groups is 1. The van der Waals surface area contributed by atoms with E-state index in [0.29, 0.717) is 0 Å². The highest BCUT2D eigenvalue weighted by Gasteiger charge is 2.22. The third kappa shape index (κ3) is 2.88. The van der Waals surface area contributed by atoms with Crippen LogP contribution < -0.4 is 11.1 Å². The first kappa shape index (κ1) is 13.9. The monoisotopic (exact) mass is 302 g/mol. The van der Waals surface area contributed by atoms with Crippen LogP contribution in [0.15, 0.2) is 47.4 Å². The minimum Gasteiger partial charge on any atom is -0.396 e. The number of hydrogen-bond donors (Lipinski definition) is 2. The van der Waals surface area contributed by atoms with E-state index in [1.165, 1.54) is 23.1 Å². The van der Waals surface area contributed by atoms with Crippen LogP contribution in [0.1, 0.15) is 28.4 Å². The number of amides is 1. The zero-order valence-electron chi connectivity index (χ0n) is 11.3. The highest BCUT2D eigenvalue weighted by Crippen LogP contribution is 2.35. The van der Waals surface area contributed by atoms with Gasteiger partial charge in [0, 0.05) is 16.2 Å². The SMILES string of the molecule is Nc1ccc(C(=O)NC2CCSc3ccccc32)cc1F. The second-order valence-electron chi connectivity index (χ2n) is 4.94. The maximum Gasteiger partial charge on any atom is 0.251 e. The van der Waals surface area contributed by atoms with Crippen molar-refractivity contribution in [3.05, 3.63) is 59.4 Å². The lowest BCUT2D eigenvalue weighted by Crippen LogP contribution is -2.30. The number of halogens is 1. The van der Waals surface area contributed by atoms with Crippen LogP contribution in [0, 0.1) is 5.82 Å². The van der Waals surface area contributed by atoms with E-state index in [-0.39, 0.29) is 23.2 Å². The predicted octanol–water partition coefficient (Wildman–Crippen LogP) is 3.37. The normalized spacial score (nSPS) is 17.1. The van der Waals surface area contributed by atoms with Gasteiger partial charge in [-0.3, -0.25) is 4.79 Å². The number of nitrogen functional groups attached to an aromatic ring is 1. The predicted molar refractivity (Wildman–Crippen MR) is 82.8 cm³/mol. The largest absolute Gasteiger partial charge is 0.396 e. The molecule has 2 aromatic carbocycles. The summed E-state index contributed by atoms with van der Waals surface area (Å²) in [5.74, 6) is 0.112. The van der Waals surface area contributed by atoms with Gasteiger partial charge in [0.2, 0.25) is 0 Å². The lowest BCUT2D eigenvalue weighted by molar-refractivity contribution is 0.0934. The Bertz CT molecular complexity index is 690. The van der Waals surface area contributed by atoms with E-state index in [1.54, 1.807) is 11.8 Å². The molecule has 0 fully saturated rings. The van der Waals surface area contributed by atoms with Gasteiger partial charge in [-0.15, -0.1) is 11.8 Å². The molecule has 3 nitrogen and oxygen atoms in total. The van der Waals surface area contributed by atoms with E-state index in [9.17, 15) is 9.18 Å². The molecule has 21 heavy (non-hydrogen) atoms. The number of hydrogen-bond acceptors (Lipinski definition) is 3. The zero-order valence-corrected chi connectivity index (χ0v) is 12.1. The van der Waals surface area contributed by atoms with Crippen molar-refractivity contribution in [1.29, 1.82) is 0 Å². The van der Waals surface area contributed by atoms with E-state index in [0.717, 1.165) is 17.7 Å². The van der Waals surface area contributed by atoms with Crippen LogP contribution in [-0.4, -0.2) is 11.7 Å². The Labute approximate surface area is 126 Å². The van der Waals surface area contributed by atoms with E-state index in [2.05, 4.69) is 11.4 Å². The molecule has 0 aliphatic carbocycles. The summed E-state index contributed by atoms with van der Waals surface area (Å²) < 4.78 is 13.4. The fraction of sp³-hybridized carbons (Fsp3) is 0.188. The molecule has 3 rings (SSSR count). The summed E-state index contributed by atoms with van der Waals surface area (Å²) in [6.07, 6.45) is 0.866. The molecule has 0 aromatic heterocycles. The zero-order chi connectivity index (χ0) is 14.8. The highest BCUT2D eigenvalue weighted by atomic mass is 32.2. The average molecular weight is 302 g/mol. The van der Waals surface area contributed by atoms with Crippen LogP contribution in [0.25, 0.3) is 0 Å². The minimum absolute atomic E-state index is 0.0319. The minimum atomic E-state index is -0.567. The summed E-state index contributed by atoms with van der Waals surface area (Å²) >= 11 is 1.79. The van der Waals surface area contributed by atoms with Crippen molar-refractivity contribution >= 4 is 23.4 Å². The van der Waals surface area contributed by atoms with Crippen molar-refractivity contribution in [1.82, 2.24) is 5.32 Å². The first-order chi connectivity index (χ1) is 10.1. The third-order valence-corrected chi connectivity index (χ3v) is 4.65. The molecule has 1 atom stereocenters. The van der Waals surface area contributed by atoms with Gasteiger partial charge < -0.3 is 11.1 Å². The molecule has 108 valence electrons. The van der Waals surface area contributed by atoms with E-state index in [4.69, 9.17) is 5.73 Å². The van der Waals surface area contributed by atoms with Crippen LogP contribution in [0.3, 0.4) is 0 Å². The molecule has 5 heteroatoms. The van der Waals surface area contributed by atoms with Gasteiger partial charge in [0.25, 0.3) is 5.91 Å². The number of nitrogens with two attached hydrogens (primary N) is 1. The molecule has 0 saturated carbocycles. The number of fused-ring (bicyclic) bond motifs is 1. The maximum atomic E-state index is 13.4. The molecule has 1 unspecified atom stereocenters. The Morgan fingerprint density at radius 2 is 2.10 bits per heavy atom. The van der Waals surface area contributed by atoms with Crippen LogP contribution in [-0.2, 0) is 0 Å². The van der Waals surface area contributed by atoms with Crippen LogP contribution in [0.4, 0.5) is 10.1 Å². The van der Waals surface area contributed by atoms with Crippen molar-refractivity contribution in [3.8, 4) is 0 Å². The topological polar surface area (TPSA) is 55.1 Å². The van der Waals surface area contributed by atoms with Crippen molar-refractivity contribution in [2.24, 2.45) is 0 Å². The third-order valence-electron chi connectivity index (χ3n) is 3.53. The highest BCUT2D eigenvalue weighted by molar-refractivity contribution is 7.99. The van der Waals surface area contributed by atoms with Gasteiger partial charge in [0.15, 0.2) is 0 Å². The molecule has 0 saturated heterocycles. The summed E-state index contributed by atoms with van der Waals surface area (Å²) in [5, 5.41) is 2.98. The summed E-state index contributed by atoms with van der Waals surface area (Å²) in [6.45, 7) is 0. The lowest BCUT2D eigenvalue weighted by Gasteiger charge is -2.25. The molecule has 0 bridgehead atoms. The van der Waals surface area contributed by atoms with Gasteiger partial charge in [-0.2, -0.15) is 0 Å². The van der Waals surface area contributed by atoms with Crippen molar-refractivity contribution in [2.75, 3.05) is 11.5 Å². The van der Waals surface area contributed by atoms with Gasteiger partial charge in [-0.1, -0.05) is 18.2 Å². The average Bonchev–Trinajstić information content (AvgIpc) is 2.50. The van der Waals surface area contributed by atoms with Crippen LogP contribution in [0.5, 0.6) is 0 Å². The second-order valence-corrected chi connectivity index (χ2v) is 6.07. The summed E-state index contributed by atoms with van der Waals surface area (Å²) in [4.78, 5) is 13.5. The molecule has 0 radical (unpaired) electrons. The molecule has 0 spiro atoms. The number of thioether (sulfide) groups is 1.